The summed E-state index contributed by atoms with van der Waals surface area (Å²) in [6.07, 6.45) is 1.92. The van der Waals surface area contributed by atoms with Crippen LogP contribution in [0.25, 0.3) is 0 Å². The predicted octanol–water partition coefficient (Wildman–Crippen LogP) is 2.58. The van der Waals surface area contributed by atoms with Crippen LogP contribution in [0.5, 0.6) is 0 Å². The van der Waals surface area contributed by atoms with Crippen molar-refractivity contribution in [3.63, 3.8) is 0 Å². The summed E-state index contributed by atoms with van der Waals surface area (Å²) in [5, 5.41) is 0. The molecule has 0 atom stereocenters. The van der Waals surface area contributed by atoms with E-state index in [-0.39, 0.29) is 11.9 Å². The molecule has 3 rings (SSSR count). The molecule has 0 bridgehead atoms. The van der Waals surface area contributed by atoms with E-state index < -0.39 is 0 Å². The van der Waals surface area contributed by atoms with Crippen molar-refractivity contribution in [2.45, 2.75) is 20.3 Å². The quantitative estimate of drug-likeness (QED) is 0.607. The van der Waals surface area contributed by atoms with Crippen molar-refractivity contribution in [3.8, 4) is 0 Å². The van der Waals surface area contributed by atoms with Crippen LogP contribution >= 0.6 is 23.6 Å². The number of H-pyrrole nitrogens is 1. The van der Waals surface area contributed by atoms with Gasteiger partial charge in [-0.25, -0.2) is 9.78 Å². The Labute approximate surface area is 167 Å². The summed E-state index contributed by atoms with van der Waals surface area (Å²) in [5.74, 6) is 0.554. The number of rotatable bonds is 5. The fraction of sp³-hybridized carbons (Fsp3) is 0.444. The number of ether oxygens (including phenoxy) is 1. The van der Waals surface area contributed by atoms with Gasteiger partial charge in [-0.3, -0.25) is 4.79 Å². The third-order valence-corrected chi connectivity index (χ3v) is 5.79. The Morgan fingerprint density at radius 2 is 2.04 bits per heavy atom. The Morgan fingerprint density at radius 1 is 1.30 bits per heavy atom. The number of aromatic nitrogens is 2. The van der Waals surface area contributed by atoms with Crippen LogP contribution in [0.1, 0.15) is 27.9 Å². The van der Waals surface area contributed by atoms with E-state index in [1.165, 1.54) is 17.5 Å². The Morgan fingerprint density at radius 3 is 2.59 bits per heavy atom. The van der Waals surface area contributed by atoms with Gasteiger partial charge >= 0.3 is 5.97 Å². The number of aromatic amines is 1. The van der Waals surface area contributed by atoms with Crippen LogP contribution in [0.3, 0.4) is 0 Å². The van der Waals surface area contributed by atoms with Crippen molar-refractivity contribution in [1.82, 2.24) is 14.9 Å². The van der Waals surface area contributed by atoms with Gasteiger partial charge in [0, 0.05) is 42.9 Å². The number of esters is 1. The number of hydrogen-bond acceptors (Lipinski definition) is 7. The molecule has 0 radical (unpaired) electrons. The molecular weight excluding hydrogens is 384 g/mol. The van der Waals surface area contributed by atoms with E-state index in [0.717, 1.165) is 16.4 Å². The maximum absolute atomic E-state index is 12.6. The highest BCUT2D eigenvalue weighted by molar-refractivity contribution is 7.73. The van der Waals surface area contributed by atoms with Gasteiger partial charge in [0.25, 0.3) is 0 Å². The largest absolute Gasteiger partial charge is 0.462 e. The van der Waals surface area contributed by atoms with E-state index in [2.05, 4.69) is 14.9 Å². The average Bonchev–Trinajstić information content (AvgIpc) is 2.99. The zero-order chi connectivity index (χ0) is 19.4. The third-order valence-electron chi connectivity index (χ3n) is 4.45. The lowest BCUT2D eigenvalue weighted by atomic mass is 10.2. The summed E-state index contributed by atoms with van der Waals surface area (Å²) in [7, 11) is 0. The second kappa shape index (κ2) is 8.62. The molecule has 27 heavy (non-hydrogen) atoms. The highest BCUT2D eigenvalue weighted by Crippen LogP contribution is 2.18. The first kappa shape index (κ1) is 19.5. The molecule has 7 nitrogen and oxygen atoms in total. The van der Waals surface area contributed by atoms with Crippen LogP contribution in [-0.2, 0) is 16.0 Å². The van der Waals surface area contributed by atoms with Gasteiger partial charge in [0.05, 0.1) is 18.6 Å². The number of aryl methyl sites for hydroxylation is 1. The van der Waals surface area contributed by atoms with E-state index in [9.17, 15) is 9.59 Å². The van der Waals surface area contributed by atoms with E-state index in [0.29, 0.717) is 48.7 Å². The van der Waals surface area contributed by atoms with E-state index in [1.807, 2.05) is 17.9 Å². The molecule has 1 fully saturated rings. The summed E-state index contributed by atoms with van der Waals surface area (Å²) in [5.41, 5.74) is 1.42. The smallest absolute Gasteiger partial charge is 0.339 e. The SMILES string of the molecule is CCOC(=O)c1ccc(N2CCN(C(=O)Cc3sc(=S)[nH]c3C)CC2)nc1. The van der Waals surface area contributed by atoms with Crippen molar-refractivity contribution in [2.24, 2.45) is 0 Å². The molecule has 144 valence electrons. The molecule has 2 aromatic rings. The minimum absolute atomic E-state index is 0.119. The first-order chi connectivity index (χ1) is 13.0. The van der Waals surface area contributed by atoms with Crippen molar-refractivity contribution in [2.75, 3.05) is 37.7 Å². The number of carbonyl (C=O) groups is 2. The van der Waals surface area contributed by atoms with Crippen molar-refractivity contribution in [1.29, 1.82) is 0 Å². The number of thiazole rings is 1. The molecule has 1 amide bonds. The Bertz CT molecular complexity index is 867. The topological polar surface area (TPSA) is 78.5 Å². The number of pyridine rings is 1. The molecule has 3 heterocycles. The molecule has 1 aliphatic rings. The molecule has 2 aromatic heterocycles. The first-order valence-corrected chi connectivity index (χ1v) is 10.0. The van der Waals surface area contributed by atoms with Gasteiger partial charge in [0.1, 0.15) is 5.82 Å². The molecule has 0 aliphatic carbocycles. The molecule has 0 spiro atoms. The van der Waals surface area contributed by atoms with E-state index >= 15 is 0 Å². The summed E-state index contributed by atoms with van der Waals surface area (Å²) < 4.78 is 5.67. The van der Waals surface area contributed by atoms with Crippen molar-refractivity contribution < 1.29 is 14.3 Å². The van der Waals surface area contributed by atoms with Gasteiger partial charge in [-0.15, -0.1) is 11.3 Å². The van der Waals surface area contributed by atoms with Gasteiger partial charge in [-0.2, -0.15) is 0 Å². The van der Waals surface area contributed by atoms with Crippen LogP contribution in [0, 0.1) is 10.9 Å². The highest BCUT2D eigenvalue weighted by atomic mass is 32.1. The summed E-state index contributed by atoms with van der Waals surface area (Å²) in [4.78, 5) is 36.7. The van der Waals surface area contributed by atoms with Gasteiger partial charge in [-0.05, 0) is 38.2 Å². The van der Waals surface area contributed by atoms with Gasteiger partial charge in [-0.1, -0.05) is 0 Å². The number of carbonyl (C=O) groups excluding carboxylic acids is 2. The number of nitrogens with one attached hydrogen (secondary N) is 1. The van der Waals surface area contributed by atoms with Crippen LogP contribution in [-0.4, -0.2) is 59.5 Å². The maximum atomic E-state index is 12.6. The first-order valence-electron chi connectivity index (χ1n) is 8.82. The van der Waals surface area contributed by atoms with Crippen molar-refractivity contribution >= 4 is 41.2 Å². The second-order valence-corrected chi connectivity index (χ2v) is 8.00. The number of amides is 1. The van der Waals surface area contributed by atoms with Crippen LogP contribution < -0.4 is 4.90 Å². The van der Waals surface area contributed by atoms with Crippen LogP contribution in [0.2, 0.25) is 0 Å². The normalized spacial score (nSPS) is 14.3. The minimum Gasteiger partial charge on any atom is -0.462 e. The lowest BCUT2D eigenvalue weighted by Gasteiger charge is -2.35. The molecule has 0 unspecified atom stereocenters. The summed E-state index contributed by atoms with van der Waals surface area (Å²) >= 11 is 6.60. The number of anilines is 1. The standard InChI is InChI=1S/C18H22N4O3S2/c1-3-25-17(24)13-4-5-15(19-11-13)21-6-8-22(9-7-21)16(23)10-14-12(2)20-18(26)27-14/h4-5,11H,3,6-10H2,1-2H3,(H,20,26). The Balaban J connectivity index is 1.55. The Hall–Kier alpha value is -2.26. The fourth-order valence-electron chi connectivity index (χ4n) is 2.95. The third kappa shape index (κ3) is 4.72. The zero-order valence-electron chi connectivity index (χ0n) is 15.4. The lowest BCUT2D eigenvalue weighted by molar-refractivity contribution is -0.130. The molecular formula is C18H22N4O3S2. The predicted molar refractivity (Wildman–Crippen MR) is 107 cm³/mol. The second-order valence-electron chi connectivity index (χ2n) is 6.23. The van der Waals surface area contributed by atoms with E-state index in [1.54, 1.807) is 13.0 Å². The number of hydrogen-bond donors (Lipinski definition) is 1. The zero-order valence-corrected chi connectivity index (χ0v) is 17.0. The van der Waals surface area contributed by atoms with E-state index in [4.69, 9.17) is 17.0 Å². The molecule has 0 saturated carbocycles. The summed E-state index contributed by atoms with van der Waals surface area (Å²) in [6.45, 7) is 6.77. The molecule has 1 N–H and O–H groups in total. The van der Waals surface area contributed by atoms with Crippen molar-refractivity contribution in [3.05, 3.63) is 38.4 Å². The molecule has 1 aliphatic heterocycles. The monoisotopic (exact) mass is 406 g/mol. The van der Waals surface area contributed by atoms with Gasteiger partial charge < -0.3 is 19.5 Å². The van der Waals surface area contributed by atoms with Gasteiger partial charge in [0.15, 0.2) is 3.95 Å². The van der Waals surface area contributed by atoms with Crippen LogP contribution in [0.4, 0.5) is 5.82 Å². The molecule has 1 saturated heterocycles. The lowest BCUT2D eigenvalue weighted by Crippen LogP contribution is -2.49. The highest BCUT2D eigenvalue weighted by Gasteiger charge is 2.23. The number of piperazine rings is 1. The van der Waals surface area contributed by atoms with Gasteiger partial charge in [0.2, 0.25) is 5.91 Å². The maximum Gasteiger partial charge on any atom is 0.339 e. The molecule has 0 aromatic carbocycles. The molecule has 9 heteroatoms. The number of nitrogens with zero attached hydrogens (tertiary/aromatic N) is 3. The summed E-state index contributed by atoms with van der Waals surface area (Å²) in [6, 6.07) is 3.54. The minimum atomic E-state index is -0.365. The average molecular weight is 407 g/mol. The van der Waals surface area contributed by atoms with Crippen LogP contribution in [0.15, 0.2) is 18.3 Å². The fourth-order valence-corrected chi connectivity index (χ4v) is 4.23. The Kier molecular flexibility index (Phi) is 6.22.